The lowest BCUT2D eigenvalue weighted by molar-refractivity contribution is -0.119. The van der Waals surface area contributed by atoms with E-state index in [-0.39, 0.29) is 24.8 Å². The van der Waals surface area contributed by atoms with Crippen molar-refractivity contribution >= 4 is 27.3 Å². The molecule has 0 spiro atoms. The van der Waals surface area contributed by atoms with Crippen LogP contribution in [0.15, 0.2) is 29.1 Å². The monoisotopic (exact) mass is 415 g/mol. The second-order valence-electron chi connectivity index (χ2n) is 6.74. The van der Waals surface area contributed by atoms with Gasteiger partial charge in [0.15, 0.2) is 11.5 Å². The summed E-state index contributed by atoms with van der Waals surface area (Å²) in [5.41, 5.74) is 1.47. The lowest BCUT2D eigenvalue weighted by Crippen LogP contribution is -2.34. The molecule has 3 heterocycles. The van der Waals surface area contributed by atoms with Crippen molar-refractivity contribution in [3.8, 4) is 11.5 Å². The number of nitrogens with zero attached hydrogens (tertiary/aromatic N) is 4. The summed E-state index contributed by atoms with van der Waals surface area (Å²) in [5, 5.41) is 7.73. The van der Waals surface area contributed by atoms with E-state index in [4.69, 9.17) is 9.47 Å². The maximum atomic E-state index is 12.3. The normalized spacial score (nSPS) is 12.3. The summed E-state index contributed by atoms with van der Waals surface area (Å²) in [7, 11) is 1.76. The summed E-state index contributed by atoms with van der Waals surface area (Å²) in [5.74, 6) is 1.24. The molecule has 1 aliphatic heterocycles. The van der Waals surface area contributed by atoms with Gasteiger partial charge in [0, 0.05) is 25.4 Å². The summed E-state index contributed by atoms with van der Waals surface area (Å²) in [6.07, 6.45) is 1.66. The third-order valence-corrected chi connectivity index (χ3v) is 5.45. The van der Waals surface area contributed by atoms with Crippen LogP contribution >= 0.6 is 11.3 Å². The first-order valence-electron chi connectivity index (χ1n) is 9.29. The van der Waals surface area contributed by atoms with Crippen molar-refractivity contribution in [1.82, 2.24) is 19.9 Å². The maximum Gasteiger partial charge on any atom is 0.275 e. The highest BCUT2D eigenvalue weighted by atomic mass is 32.1. The van der Waals surface area contributed by atoms with E-state index < -0.39 is 0 Å². The van der Waals surface area contributed by atoms with Crippen LogP contribution < -0.4 is 25.2 Å². The van der Waals surface area contributed by atoms with Crippen LogP contribution in [0.1, 0.15) is 24.6 Å². The Morgan fingerprint density at radius 1 is 1.31 bits per heavy atom. The number of benzene rings is 1. The van der Waals surface area contributed by atoms with Gasteiger partial charge in [-0.15, -0.1) is 5.10 Å². The molecule has 1 aromatic carbocycles. The average Bonchev–Trinajstić information content (AvgIpc) is 3.33. The fraction of sp³-hybridized carbons (Fsp3) is 0.368. The van der Waals surface area contributed by atoms with E-state index in [1.54, 1.807) is 11.9 Å². The van der Waals surface area contributed by atoms with E-state index >= 15 is 0 Å². The van der Waals surface area contributed by atoms with Crippen molar-refractivity contribution in [2.75, 3.05) is 25.3 Å². The molecule has 9 nitrogen and oxygen atoms in total. The molecule has 0 radical (unpaired) electrons. The SMILES string of the molecule is CCCc1cc(=O)n2nc(N(C)CC(=O)NCc3ccc4c(c3)OCO4)sc2n1. The molecular weight excluding hydrogens is 394 g/mol. The quantitative estimate of drug-likeness (QED) is 0.626. The van der Waals surface area contributed by atoms with E-state index in [0.29, 0.717) is 28.1 Å². The lowest BCUT2D eigenvalue weighted by Gasteiger charge is -2.14. The molecule has 10 heteroatoms. The van der Waals surface area contributed by atoms with Gasteiger partial charge in [-0.05, 0) is 24.1 Å². The second-order valence-corrected chi connectivity index (χ2v) is 7.67. The van der Waals surface area contributed by atoms with Gasteiger partial charge in [-0.1, -0.05) is 30.7 Å². The molecule has 0 atom stereocenters. The summed E-state index contributed by atoms with van der Waals surface area (Å²) in [6.45, 7) is 2.75. The van der Waals surface area contributed by atoms with E-state index in [1.165, 1.54) is 21.9 Å². The topological polar surface area (TPSA) is 98.1 Å². The van der Waals surface area contributed by atoms with E-state index in [0.717, 1.165) is 24.1 Å². The number of carbonyl (C=O) groups excluding carboxylic acids is 1. The van der Waals surface area contributed by atoms with Crippen molar-refractivity contribution < 1.29 is 14.3 Å². The molecule has 1 aliphatic rings. The summed E-state index contributed by atoms with van der Waals surface area (Å²) >= 11 is 1.29. The zero-order valence-electron chi connectivity index (χ0n) is 16.2. The molecular formula is C19H21N5O4S. The molecule has 0 saturated carbocycles. The molecule has 0 fully saturated rings. The Morgan fingerprint density at radius 2 is 2.14 bits per heavy atom. The van der Waals surface area contributed by atoms with Gasteiger partial charge in [0.25, 0.3) is 5.56 Å². The van der Waals surface area contributed by atoms with Crippen molar-refractivity contribution in [2.45, 2.75) is 26.3 Å². The molecule has 0 saturated heterocycles. The number of carbonyl (C=O) groups is 1. The van der Waals surface area contributed by atoms with Crippen molar-refractivity contribution in [2.24, 2.45) is 0 Å². The van der Waals surface area contributed by atoms with Gasteiger partial charge in [-0.25, -0.2) is 4.98 Å². The van der Waals surface area contributed by atoms with Crippen LogP contribution in [-0.4, -0.2) is 40.9 Å². The van der Waals surface area contributed by atoms with E-state index in [2.05, 4.69) is 15.4 Å². The zero-order valence-corrected chi connectivity index (χ0v) is 17.0. The van der Waals surface area contributed by atoms with Gasteiger partial charge in [-0.3, -0.25) is 9.59 Å². The van der Waals surface area contributed by atoms with Crippen LogP contribution in [0.4, 0.5) is 5.13 Å². The predicted molar refractivity (Wildman–Crippen MR) is 109 cm³/mol. The standard InChI is InChI=1S/C19H21N5O4S/c1-3-4-13-8-17(26)24-18(21-13)29-19(22-24)23(2)10-16(25)20-9-12-5-6-14-15(7-12)28-11-27-14/h5-8H,3-4,9-11H2,1-2H3,(H,20,25). The molecule has 1 N–H and O–H groups in total. The summed E-state index contributed by atoms with van der Waals surface area (Å²) < 4.78 is 11.9. The molecule has 4 rings (SSSR count). The minimum atomic E-state index is -0.207. The lowest BCUT2D eigenvalue weighted by atomic mass is 10.2. The van der Waals surface area contributed by atoms with Crippen molar-refractivity contribution in [3.63, 3.8) is 0 Å². The first-order chi connectivity index (χ1) is 14.0. The Balaban J connectivity index is 1.39. The molecule has 29 heavy (non-hydrogen) atoms. The third-order valence-electron chi connectivity index (χ3n) is 4.43. The number of fused-ring (bicyclic) bond motifs is 2. The number of hydrogen-bond donors (Lipinski definition) is 1. The zero-order chi connectivity index (χ0) is 20.4. The molecule has 0 bridgehead atoms. The summed E-state index contributed by atoms with van der Waals surface area (Å²) in [4.78, 5) is 31.3. The number of aromatic nitrogens is 3. The van der Waals surface area contributed by atoms with Gasteiger partial charge in [0.2, 0.25) is 22.8 Å². The van der Waals surface area contributed by atoms with Crippen LogP contribution in [0.2, 0.25) is 0 Å². The van der Waals surface area contributed by atoms with Gasteiger partial charge in [-0.2, -0.15) is 4.52 Å². The average molecular weight is 415 g/mol. The fourth-order valence-corrected chi connectivity index (χ4v) is 3.86. The molecule has 0 unspecified atom stereocenters. The number of likely N-dealkylation sites (N-methyl/N-ethyl adjacent to an activating group) is 1. The van der Waals surface area contributed by atoms with Crippen LogP contribution in [0.3, 0.4) is 0 Å². The molecule has 0 aliphatic carbocycles. The largest absolute Gasteiger partial charge is 0.454 e. The van der Waals surface area contributed by atoms with Gasteiger partial charge < -0.3 is 19.7 Å². The van der Waals surface area contributed by atoms with Crippen molar-refractivity contribution in [3.05, 3.63) is 45.9 Å². The minimum Gasteiger partial charge on any atom is -0.454 e. The van der Waals surface area contributed by atoms with E-state index in [1.807, 2.05) is 25.1 Å². The second kappa shape index (κ2) is 8.08. The van der Waals surface area contributed by atoms with Crippen molar-refractivity contribution in [1.29, 1.82) is 0 Å². The Bertz CT molecular complexity index is 1110. The highest BCUT2D eigenvalue weighted by Gasteiger charge is 2.16. The minimum absolute atomic E-state index is 0.112. The number of rotatable bonds is 7. The molecule has 3 aromatic rings. The highest BCUT2D eigenvalue weighted by molar-refractivity contribution is 7.20. The predicted octanol–water partition coefficient (Wildman–Crippen LogP) is 1.58. The Hall–Kier alpha value is -3.14. The molecule has 2 aromatic heterocycles. The van der Waals surface area contributed by atoms with Crippen LogP contribution in [0.25, 0.3) is 4.96 Å². The molecule has 152 valence electrons. The van der Waals surface area contributed by atoms with Crippen LogP contribution in [-0.2, 0) is 17.8 Å². The fourth-order valence-electron chi connectivity index (χ4n) is 2.98. The third kappa shape index (κ3) is 4.16. The Labute approximate surface area is 170 Å². The van der Waals surface area contributed by atoms with Crippen LogP contribution in [0, 0.1) is 0 Å². The number of hydrogen-bond acceptors (Lipinski definition) is 8. The summed E-state index contributed by atoms with van der Waals surface area (Å²) in [6, 6.07) is 7.08. The number of amides is 1. The Morgan fingerprint density at radius 3 is 2.97 bits per heavy atom. The number of nitrogens with one attached hydrogen (secondary N) is 1. The first-order valence-corrected chi connectivity index (χ1v) is 10.1. The Kier molecular flexibility index (Phi) is 5.34. The maximum absolute atomic E-state index is 12.3. The smallest absolute Gasteiger partial charge is 0.275 e. The van der Waals surface area contributed by atoms with E-state index in [9.17, 15) is 9.59 Å². The van der Waals surface area contributed by atoms with Gasteiger partial charge in [0.1, 0.15) is 0 Å². The number of anilines is 1. The van der Waals surface area contributed by atoms with Gasteiger partial charge >= 0.3 is 0 Å². The molecule has 1 amide bonds. The number of aryl methyl sites for hydroxylation is 1. The first kappa shape index (κ1) is 19.2. The van der Waals surface area contributed by atoms with Gasteiger partial charge in [0.05, 0.1) is 6.54 Å². The van der Waals surface area contributed by atoms with Crippen LogP contribution in [0.5, 0.6) is 11.5 Å². The number of ether oxygens (including phenoxy) is 2. The highest BCUT2D eigenvalue weighted by Crippen LogP contribution is 2.32.